The van der Waals surface area contributed by atoms with Crippen LogP contribution in [0, 0.1) is 0 Å². The first-order valence-electron chi connectivity index (χ1n) is 22.9. The third-order valence-corrected chi connectivity index (χ3v) is 10.0. The van der Waals surface area contributed by atoms with Crippen LogP contribution >= 0.6 is 0 Å². The van der Waals surface area contributed by atoms with Crippen molar-refractivity contribution < 1.29 is 24.5 Å². The molecule has 2 atom stereocenters. The van der Waals surface area contributed by atoms with Crippen LogP contribution < -0.4 is 5.32 Å². The fourth-order valence-electron chi connectivity index (χ4n) is 6.49. The van der Waals surface area contributed by atoms with Gasteiger partial charge in [-0.2, -0.15) is 0 Å². The van der Waals surface area contributed by atoms with Crippen molar-refractivity contribution >= 4 is 11.9 Å². The Morgan fingerprint density at radius 3 is 1.50 bits per heavy atom. The lowest BCUT2D eigenvalue weighted by atomic mass is 10.0. The number of aliphatic hydroxyl groups is 2. The number of hydrogen-bond donors (Lipinski definition) is 3. The molecule has 2 unspecified atom stereocenters. The second-order valence-corrected chi connectivity index (χ2v) is 15.4. The average Bonchev–Trinajstić information content (AvgIpc) is 3.17. The molecule has 0 saturated carbocycles. The Bertz CT molecular complexity index is 926. The van der Waals surface area contributed by atoms with E-state index >= 15 is 0 Å². The molecule has 1 amide bonds. The standard InChI is InChI=1S/C48H87NO5/c1-3-5-7-9-11-13-15-17-20-24-28-32-36-40-46(51)45(44-50)49-47(52)41-37-33-29-25-21-19-23-27-31-35-39-43-54-48(53)42-38-34-30-26-22-18-16-14-12-10-8-6-4-2/h8,10,14,16,23,27,36,40,45-46,50-51H,3-7,9,11-13,15,17-22,24-26,28-35,37-39,41-44H2,1-2H3,(H,49,52)/b10-8-,16-14-,27-23-,40-36+. The molecule has 6 heteroatoms. The van der Waals surface area contributed by atoms with E-state index in [1.807, 2.05) is 6.08 Å². The minimum absolute atomic E-state index is 0.0498. The van der Waals surface area contributed by atoms with Crippen LogP contribution in [0.4, 0.5) is 0 Å². The van der Waals surface area contributed by atoms with Gasteiger partial charge in [-0.25, -0.2) is 0 Å². The number of carbonyl (C=O) groups excluding carboxylic acids is 2. The summed E-state index contributed by atoms with van der Waals surface area (Å²) in [6, 6.07) is -0.649. The highest BCUT2D eigenvalue weighted by Crippen LogP contribution is 2.13. The predicted molar refractivity (Wildman–Crippen MR) is 232 cm³/mol. The van der Waals surface area contributed by atoms with Gasteiger partial charge in [-0.3, -0.25) is 9.59 Å². The summed E-state index contributed by atoms with van der Waals surface area (Å²) < 4.78 is 5.41. The van der Waals surface area contributed by atoms with Crippen LogP contribution in [0.2, 0.25) is 0 Å². The van der Waals surface area contributed by atoms with E-state index in [9.17, 15) is 19.8 Å². The minimum Gasteiger partial charge on any atom is -0.466 e. The molecular weight excluding hydrogens is 671 g/mol. The summed E-state index contributed by atoms with van der Waals surface area (Å²) in [5, 5.41) is 22.9. The fraction of sp³-hybridized carbons (Fsp3) is 0.792. The maximum Gasteiger partial charge on any atom is 0.305 e. The molecule has 0 aliphatic carbocycles. The summed E-state index contributed by atoms with van der Waals surface area (Å²) >= 11 is 0. The molecule has 0 aliphatic rings. The normalized spacial score (nSPS) is 13.2. The zero-order valence-electron chi connectivity index (χ0n) is 35.4. The Labute approximate surface area is 334 Å². The van der Waals surface area contributed by atoms with Crippen molar-refractivity contribution in [1.29, 1.82) is 0 Å². The molecule has 0 radical (unpaired) electrons. The molecule has 6 nitrogen and oxygen atoms in total. The van der Waals surface area contributed by atoms with Crippen molar-refractivity contribution in [2.24, 2.45) is 0 Å². The first-order chi connectivity index (χ1) is 26.5. The van der Waals surface area contributed by atoms with Crippen molar-refractivity contribution in [2.45, 2.75) is 231 Å². The van der Waals surface area contributed by atoms with Gasteiger partial charge >= 0.3 is 5.97 Å². The molecule has 0 aliphatic heterocycles. The summed E-state index contributed by atoms with van der Waals surface area (Å²) in [4.78, 5) is 24.3. The van der Waals surface area contributed by atoms with Gasteiger partial charge in [0.1, 0.15) is 0 Å². The third kappa shape index (κ3) is 39.5. The van der Waals surface area contributed by atoms with Crippen LogP contribution in [-0.4, -0.2) is 47.4 Å². The molecule has 0 heterocycles. The molecule has 54 heavy (non-hydrogen) atoms. The van der Waals surface area contributed by atoms with Crippen LogP contribution in [-0.2, 0) is 14.3 Å². The lowest BCUT2D eigenvalue weighted by Crippen LogP contribution is -2.45. The average molecular weight is 758 g/mol. The number of esters is 1. The molecule has 0 aromatic heterocycles. The molecule has 0 rings (SSSR count). The van der Waals surface area contributed by atoms with Crippen LogP contribution in [0.1, 0.15) is 219 Å². The topological polar surface area (TPSA) is 95.9 Å². The summed E-state index contributed by atoms with van der Waals surface area (Å²) in [5.74, 6) is -0.151. The molecule has 0 spiro atoms. The molecule has 0 aromatic carbocycles. The number of hydrogen-bond acceptors (Lipinski definition) is 5. The van der Waals surface area contributed by atoms with Gasteiger partial charge in [-0.05, 0) is 83.5 Å². The highest BCUT2D eigenvalue weighted by atomic mass is 16.5. The van der Waals surface area contributed by atoms with Gasteiger partial charge < -0.3 is 20.3 Å². The molecule has 0 saturated heterocycles. The van der Waals surface area contributed by atoms with E-state index in [1.165, 1.54) is 96.3 Å². The summed E-state index contributed by atoms with van der Waals surface area (Å²) in [6.07, 6.45) is 52.4. The van der Waals surface area contributed by atoms with E-state index in [-0.39, 0.29) is 18.5 Å². The quantitative estimate of drug-likeness (QED) is 0.0328. The van der Waals surface area contributed by atoms with Crippen molar-refractivity contribution in [3.8, 4) is 0 Å². The molecule has 0 fully saturated rings. The zero-order valence-corrected chi connectivity index (χ0v) is 35.4. The number of ether oxygens (including phenoxy) is 1. The maximum atomic E-state index is 12.4. The number of carbonyl (C=O) groups is 2. The van der Waals surface area contributed by atoms with E-state index in [4.69, 9.17) is 4.74 Å². The molecule has 314 valence electrons. The third-order valence-electron chi connectivity index (χ3n) is 10.0. The van der Waals surface area contributed by atoms with Gasteiger partial charge in [-0.15, -0.1) is 0 Å². The Morgan fingerprint density at radius 1 is 0.519 bits per heavy atom. The summed E-state index contributed by atoms with van der Waals surface area (Å²) in [5.41, 5.74) is 0. The Hall–Kier alpha value is -2.18. The SMILES string of the molecule is CCC/C=C\C/C=C\CCCCCCCC(=O)OCCCC/C=C\CCCCCCCC(=O)NC(CO)C(O)/C=C/CCCCCCCCCCCCC. The van der Waals surface area contributed by atoms with E-state index < -0.39 is 12.1 Å². The number of allylic oxidation sites excluding steroid dienone is 7. The van der Waals surface area contributed by atoms with E-state index in [1.54, 1.807) is 6.08 Å². The molecule has 0 bridgehead atoms. The van der Waals surface area contributed by atoms with Crippen LogP contribution in [0.3, 0.4) is 0 Å². The van der Waals surface area contributed by atoms with Gasteiger partial charge in [0.2, 0.25) is 5.91 Å². The second kappa shape index (κ2) is 43.5. The number of amides is 1. The zero-order chi connectivity index (χ0) is 39.4. The van der Waals surface area contributed by atoms with Crippen molar-refractivity contribution in [1.82, 2.24) is 5.32 Å². The lowest BCUT2D eigenvalue weighted by molar-refractivity contribution is -0.143. The number of unbranched alkanes of at least 4 members (excludes halogenated alkanes) is 24. The van der Waals surface area contributed by atoms with Gasteiger partial charge in [0.25, 0.3) is 0 Å². The molecule has 3 N–H and O–H groups in total. The van der Waals surface area contributed by atoms with Gasteiger partial charge in [0.15, 0.2) is 0 Å². The number of nitrogens with one attached hydrogen (secondary N) is 1. The van der Waals surface area contributed by atoms with Crippen LogP contribution in [0.5, 0.6) is 0 Å². The first-order valence-corrected chi connectivity index (χ1v) is 22.9. The van der Waals surface area contributed by atoms with E-state index in [2.05, 4.69) is 55.6 Å². The van der Waals surface area contributed by atoms with Crippen LogP contribution in [0.25, 0.3) is 0 Å². The maximum absolute atomic E-state index is 12.4. The monoisotopic (exact) mass is 758 g/mol. The van der Waals surface area contributed by atoms with E-state index in [0.717, 1.165) is 96.3 Å². The van der Waals surface area contributed by atoms with E-state index in [0.29, 0.717) is 19.4 Å². The van der Waals surface area contributed by atoms with Gasteiger partial charge in [-0.1, -0.05) is 172 Å². The first kappa shape index (κ1) is 51.8. The lowest BCUT2D eigenvalue weighted by Gasteiger charge is -2.20. The Morgan fingerprint density at radius 2 is 0.963 bits per heavy atom. The van der Waals surface area contributed by atoms with Crippen molar-refractivity contribution in [3.05, 3.63) is 48.6 Å². The number of aliphatic hydroxyl groups excluding tert-OH is 2. The van der Waals surface area contributed by atoms with Gasteiger partial charge in [0.05, 0.1) is 25.4 Å². The Balaban J connectivity index is 3.59. The van der Waals surface area contributed by atoms with Gasteiger partial charge in [0, 0.05) is 12.8 Å². The largest absolute Gasteiger partial charge is 0.466 e. The van der Waals surface area contributed by atoms with Crippen molar-refractivity contribution in [3.63, 3.8) is 0 Å². The molecule has 0 aromatic rings. The highest BCUT2D eigenvalue weighted by molar-refractivity contribution is 5.76. The predicted octanol–water partition coefficient (Wildman–Crippen LogP) is 13.1. The minimum atomic E-state index is -0.863. The fourth-order valence-corrected chi connectivity index (χ4v) is 6.49. The number of rotatable bonds is 41. The second-order valence-electron chi connectivity index (χ2n) is 15.4. The summed E-state index contributed by atoms with van der Waals surface area (Å²) in [7, 11) is 0. The molecular formula is C48H87NO5. The van der Waals surface area contributed by atoms with Crippen molar-refractivity contribution in [2.75, 3.05) is 13.2 Å². The highest BCUT2D eigenvalue weighted by Gasteiger charge is 2.18. The smallest absolute Gasteiger partial charge is 0.305 e. The Kier molecular flexibility index (Phi) is 41.8. The summed E-state index contributed by atoms with van der Waals surface area (Å²) in [6.45, 7) is 4.72. The van der Waals surface area contributed by atoms with Crippen LogP contribution in [0.15, 0.2) is 48.6 Å².